The largest absolute Gasteiger partial charge is 0.396 e. The van der Waals surface area contributed by atoms with E-state index in [1.165, 1.54) is 0 Å². The van der Waals surface area contributed by atoms with Crippen LogP contribution in [0.1, 0.15) is 39.5 Å². The molecule has 5 atom stereocenters. The van der Waals surface area contributed by atoms with E-state index in [4.69, 9.17) is 4.18 Å². The van der Waals surface area contributed by atoms with Crippen molar-refractivity contribution in [1.29, 1.82) is 0 Å². The van der Waals surface area contributed by atoms with Gasteiger partial charge in [-0.05, 0) is 31.6 Å². The summed E-state index contributed by atoms with van der Waals surface area (Å²) in [4.78, 5) is -1.72. The number of aliphatic hydroxyl groups excluding tert-OH is 1. The van der Waals surface area contributed by atoms with Gasteiger partial charge in [0.05, 0.1) is 6.10 Å². The molecule has 2 saturated carbocycles. The lowest BCUT2D eigenvalue weighted by Gasteiger charge is -2.62. The fourth-order valence-corrected chi connectivity index (χ4v) is 6.34. The number of aliphatic hydroxyl groups is 2. The Kier molecular flexibility index (Phi) is 2.34. The summed E-state index contributed by atoms with van der Waals surface area (Å²) >= 11 is 0. The van der Waals surface area contributed by atoms with E-state index >= 15 is 0 Å². The maximum absolute atomic E-state index is 11.9. The zero-order chi connectivity index (χ0) is 13.4. The molecule has 1 aliphatic heterocycles. The standard InChI is InChI=1S/C12H20O5S/c1-3-10(7-13)4-9-11(5-10)6-12(9,14)18(15,16)17-8(11)2/h8-9,13-14H,3-7H2,1-2H3. The molecule has 3 fully saturated rings. The number of rotatable bonds is 2. The smallest absolute Gasteiger partial charge is 0.298 e. The topological polar surface area (TPSA) is 83.8 Å². The van der Waals surface area contributed by atoms with E-state index in [0.29, 0.717) is 6.42 Å². The van der Waals surface area contributed by atoms with Gasteiger partial charge in [-0.3, -0.25) is 4.18 Å². The van der Waals surface area contributed by atoms with Crippen LogP contribution in [0.5, 0.6) is 0 Å². The van der Waals surface area contributed by atoms with Crippen LogP contribution in [0.4, 0.5) is 0 Å². The van der Waals surface area contributed by atoms with Gasteiger partial charge in [0.15, 0.2) is 4.93 Å². The van der Waals surface area contributed by atoms with Crippen molar-refractivity contribution < 1.29 is 22.8 Å². The first-order valence-corrected chi connectivity index (χ1v) is 7.92. The van der Waals surface area contributed by atoms with E-state index in [0.717, 1.165) is 12.8 Å². The first-order chi connectivity index (χ1) is 8.25. The van der Waals surface area contributed by atoms with Crippen molar-refractivity contribution in [2.75, 3.05) is 6.61 Å². The maximum atomic E-state index is 11.9. The van der Waals surface area contributed by atoms with Crippen LogP contribution in [0.25, 0.3) is 0 Å². The molecule has 0 aromatic carbocycles. The fraction of sp³-hybridized carbons (Fsp3) is 1.00. The average Bonchev–Trinajstić information content (AvgIpc) is 2.58. The number of fused-ring (bicyclic) bond motifs is 2. The van der Waals surface area contributed by atoms with E-state index < -0.39 is 21.2 Å². The highest BCUT2D eigenvalue weighted by Crippen LogP contribution is 2.74. The second-order valence-corrected chi connectivity index (χ2v) is 8.20. The van der Waals surface area contributed by atoms with Crippen molar-refractivity contribution in [3.63, 3.8) is 0 Å². The van der Waals surface area contributed by atoms with Gasteiger partial charge in [-0.15, -0.1) is 0 Å². The minimum Gasteiger partial charge on any atom is -0.396 e. The Labute approximate surface area is 107 Å². The zero-order valence-corrected chi connectivity index (χ0v) is 11.5. The molecule has 0 aromatic heterocycles. The van der Waals surface area contributed by atoms with Gasteiger partial charge in [0.1, 0.15) is 0 Å². The molecule has 1 heterocycles. The first-order valence-electron chi connectivity index (χ1n) is 6.51. The number of hydrogen-bond donors (Lipinski definition) is 2. The Hall–Kier alpha value is -0.170. The van der Waals surface area contributed by atoms with Crippen LogP contribution in [-0.4, -0.2) is 36.3 Å². The van der Waals surface area contributed by atoms with Gasteiger partial charge in [-0.25, -0.2) is 0 Å². The molecule has 104 valence electrons. The number of hydrogen-bond acceptors (Lipinski definition) is 5. The minimum absolute atomic E-state index is 0.0462. The summed E-state index contributed by atoms with van der Waals surface area (Å²) in [6.45, 7) is 3.82. The molecule has 0 aromatic rings. The predicted octanol–water partition coefficient (Wildman–Crippen LogP) is 0.612. The summed E-state index contributed by atoms with van der Waals surface area (Å²) in [6, 6.07) is 0. The van der Waals surface area contributed by atoms with E-state index in [1.807, 2.05) is 6.92 Å². The summed E-state index contributed by atoms with van der Waals surface area (Å²) in [5.41, 5.74) is -0.522. The summed E-state index contributed by atoms with van der Waals surface area (Å²) in [5, 5.41) is 20.0. The van der Waals surface area contributed by atoms with Gasteiger partial charge in [-0.1, -0.05) is 6.92 Å². The Bertz CT molecular complexity index is 483. The lowest BCUT2D eigenvalue weighted by Crippen LogP contribution is -2.71. The molecule has 1 spiro atoms. The van der Waals surface area contributed by atoms with Crippen LogP contribution in [0.3, 0.4) is 0 Å². The van der Waals surface area contributed by atoms with Crippen LogP contribution in [-0.2, 0) is 14.3 Å². The third-order valence-electron chi connectivity index (χ3n) is 5.76. The van der Waals surface area contributed by atoms with Crippen molar-refractivity contribution in [3.8, 4) is 0 Å². The van der Waals surface area contributed by atoms with Crippen molar-refractivity contribution in [1.82, 2.24) is 0 Å². The van der Waals surface area contributed by atoms with Gasteiger partial charge in [0, 0.05) is 24.4 Å². The molecule has 18 heavy (non-hydrogen) atoms. The fourth-order valence-electron chi connectivity index (χ4n) is 4.49. The van der Waals surface area contributed by atoms with Gasteiger partial charge < -0.3 is 10.2 Å². The molecule has 3 aliphatic rings. The van der Waals surface area contributed by atoms with Crippen molar-refractivity contribution in [3.05, 3.63) is 0 Å². The molecule has 2 N–H and O–H groups in total. The lowest BCUT2D eigenvalue weighted by atomic mass is 9.56. The van der Waals surface area contributed by atoms with Crippen LogP contribution in [0, 0.1) is 16.7 Å². The van der Waals surface area contributed by atoms with Gasteiger partial charge >= 0.3 is 0 Å². The van der Waals surface area contributed by atoms with Crippen molar-refractivity contribution in [2.45, 2.75) is 50.6 Å². The Morgan fingerprint density at radius 3 is 2.61 bits per heavy atom. The second-order valence-electron chi connectivity index (χ2n) is 6.39. The molecular formula is C12H20O5S. The van der Waals surface area contributed by atoms with Crippen LogP contribution < -0.4 is 0 Å². The normalized spacial score (nSPS) is 56.9. The van der Waals surface area contributed by atoms with Crippen molar-refractivity contribution >= 4 is 10.1 Å². The summed E-state index contributed by atoms with van der Waals surface area (Å²) < 4.78 is 29.0. The summed E-state index contributed by atoms with van der Waals surface area (Å²) in [6.07, 6.45) is 1.97. The van der Waals surface area contributed by atoms with Crippen molar-refractivity contribution in [2.24, 2.45) is 16.7 Å². The minimum atomic E-state index is -3.90. The third kappa shape index (κ3) is 1.16. The second kappa shape index (κ2) is 3.29. The highest BCUT2D eigenvalue weighted by Gasteiger charge is 2.79. The Morgan fingerprint density at radius 1 is 1.39 bits per heavy atom. The monoisotopic (exact) mass is 276 g/mol. The first kappa shape index (κ1) is 12.8. The average molecular weight is 276 g/mol. The zero-order valence-electron chi connectivity index (χ0n) is 10.7. The molecule has 0 amide bonds. The van der Waals surface area contributed by atoms with E-state index in [2.05, 4.69) is 0 Å². The van der Waals surface area contributed by atoms with E-state index in [1.54, 1.807) is 6.92 Å². The van der Waals surface area contributed by atoms with E-state index in [9.17, 15) is 18.6 Å². The van der Waals surface area contributed by atoms with Gasteiger partial charge in [-0.2, -0.15) is 8.42 Å². The SMILES string of the molecule is CCC1(CO)CC2C3(C1)CC2(O)S(=O)(=O)OC3C. The summed E-state index contributed by atoms with van der Waals surface area (Å²) in [7, 11) is -3.90. The molecule has 5 nitrogen and oxygen atoms in total. The Morgan fingerprint density at radius 2 is 2.06 bits per heavy atom. The molecule has 2 bridgehead atoms. The van der Waals surface area contributed by atoms with E-state index in [-0.39, 0.29) is 29.8 Å². The van der Waals surface area contributed by atoms with Crippen LogP contribution >= 0.6 is 0 Å². The highest BCUT2D eigenvalue weighted by atomic mass is 32.2. The molecule has 2 aliphatic carbocycles. The molecule has 0 radical (unpaired) electrons. The molecule has 6 heteroatoms. The summed E-state index contributed by atoms with van der Waals surface area (Å²) in [5.74, 6) is -0.286. The third-order valence-corrected chi connectivity index (χ3v) is 7.60. The maximum Gasteiger partial charge on any atom is 0.298 e. The molecule has 3 rings (SSSR count). The molecule has 1 saturated heterocycles. The van der Waals surface area contributed by atoms with Gasteiger partial charge in [0.25, 0.3) is 10.1 Å². The quantitative estimate of drug-likeness (QED) is 0.722. The molecule has 5 unspecified atom stereocenters. The molecular weight excluding hydrogens is 256 g/mol. The lowest BCUT2D eigenvalue weighted by molar-refractivity contribution is -0.195. The van der Waals surface area contributed by atoms with Crippen LogP contribution in [0.2, 0.25) is 0 Å². The Balaban J connectivity index is 2.05. The highest BCUT2D eigenvalue weighted by molar-refractivity contribution is 7.88. The predicted molar refractivity (Wildman–Crippen MR) is 64.0 cm³/mol. The van der Waals surface area contributed by atoms with Gasteiger partial charge in [0.2, 0.25) is 0 Å². The van der Waals surface area contributed by atoms with Crippen LogP contribution in [0.15, 0.2) is 0 Å².